The monoisotopic (exact) mass is 401 g/mol. The smallest absolute Gasteiger partial charge is 0.305 e. The first kappa shape index (κ1) is 18.0. The van der Waals surface area contributed by atoms with Crippen LogP contribution in [0.2, 0.25) is 5.02 Å². The first-order chi connectivity index (χ1) is 11.8. The third kappa shape index (κ3) is 3.88. The van der Waals surface area contributed by atoms with Crippen molar-refractivity contribution in [1.29, 1.82) is 0 Å². The predicted octanol–water partition coefficient (Wildman–Crippen LogP) is 3.04. The van der Waals surface area contributed by atoms with E-state index in [0.29, 0.717) is 36.2 Å². The van der Waals surface area contributed by atoms with Gasteiger partial charge in [-0.3, -0.25) is 10.1 Å². The number of thiophene rings is 1. The van der Waals surface area contributed by atoms with Crippen LogP contribution in [0.15, 0.2) is 34.5 Å². The Balaban J connectivity index is 1.81. The molecule has 1 aromatic carbocycles. The summed E-state index contributed by atoms with van der Waals surface area (Å²) in [5.74, 6) is 0. The van der Waals surface area contributed by atoms with Gasteiger partial charge in [0.2, 0.25) is 0 Å². The molecule has 25 heavy (non-hydrogen) atoms. The Kier molecular flexibility index (Phi) is 4.90. The molecule has 10 heteroatoms. The van der Waals surface area contributed by atoms with E-state index in [1.54, 1.807) is 0 Å². The zero-order valence-electron chi connectivity index (χ0n) is 13.4. The lowest BCUT2D eigenvalue weighted by Crippen LogP contribution is -2.46. The zero-order chi connectivity index (χ0) is 18.2. The van der Waals surface area contributed by atoms with Crippen molar-refractivity contribution in [2.24, 2.45) is 0 Å². The number of hydrogen-bond donors (Lipinski definition) is 0. The Morgan fingerprint density at radius 2 is 1.80 bits per heavy atom. The largest absolute Gasteiger partial charge is 0.368 e. The van der Waals surface area contributed by atoms with E-state index < -0.39 is 14.8 Å². The summed E-state index contributed by atoms with van der Waals surface area (Å²) in [6.45, 7) is 2.47. The Bertz CT molecular complexity index is 905. The van der Waals surface area contributed by atoms with Gasteiger partial charge in [-0.1, -0.05) is 29.0 Å². The van der Waals surface area contributed by atoms with Crippen molar-refractivity contribution < 1.29 is 13.3 Å². The van der Waals surface area contributed by atoms with Crippen LogP contribution in [0.5, 0.6) is 0 Å². The van der Waals surface area contributed by atoms with Crippen LogP contribution in [0.4, 0.5) is 16.4 Å². The number of benzene rings is 1. The summed E-state index contributed by atoms with van der Waals surface area (Å²) in [6.07, 6.45) is 1.06. The lowest BCUT2D eigenvalue weighted by molar-refractivity contribution is -0.383. The molecule has 1 fully saturated rings. The first-order valence-corrected chi connectivity index (χ1v) is 10.6. The molecule has 0 amide bonds. The Morgan fingerprint density at radius 1 is 1.16 bits per heavy atom. The number of rotatable bonds is 4. The molecule has 2 heterocycles. The molecule has 1 aliphatic heterocycles. The molecule has 0 bridgehead atoms. The van der Waals surface area contributed by atoms with Crippen molar-refractivity contribution >= 4 is 49.2 Å². The maximum Gasteiger partial charge on any atom is 0.305 e. The van der Waals surface area contributed by atoms with Crippen LogP contribution in [-0.4, -0.2) is 45.8 Å². The lowest BCUT2D eigenvalue weighted by atomic mass is 10.2. The molecule has 0 spiro atoms. The minimum atomic E-state index is -3.47. The molecule has 1 saturated heterocycles. The molecule has 3 rings (SSSR count). The molecule has 0 aliphatic carbocycles. The van der Waals surface area contributed by atoms with Gasteiger partial charge < -0.3 is 9.80 Å². The summed E-state index contributed by atoms with van der Waals surface area (Å²) in [6, 6.07) is 8.69. The Hall–Kier alpha value is -1.84. The number of nitro groups is 1. The molecule has 0 unspecified atom stereocenters. The number of nitrogens with zero attached hydrogens (tertiary/aromatic N) is 3. The van der Waals surface area contributed by atoms with Gasteiger partial charge in [0.15, 0.2) is 14.8 Å². The van der Waals surface area contributed by atoms with Gasteiger partial charge in [-0.2, -0.15) is 0 Å². The van der Waals surface area contributed by atoms with E-state index >= 15 is 0 Å². The van der Waals surface area contributed by atoms with E-state index in [1.165, 1.54) is 0 Å². The van der Waals surface area contributed by atoms with Crippen LogP contribution in [0.25, 0.3) is 0 Å². The summed E-state index contributed by atoms with van der Waals surface area (Å²) in [5.41, 5.74) is 0.853. The third-order valence-corrected chi connectivity index (χ3v) is 7.20. The maximum absolute atomic E-state index is 11.7. The molecule has 0 radical (unpaired) electrons. The van der Waals surface area contributed by atoms with E-state index in [2.05, 4.69) is 4.90 Å². The van der Waals surface area contributed by atoms with Gasteiger partial charge in [-0.05, 0) is 18.2 Å². The molecule has 134 valence electrons. The van der Waals surface area contributed by atoms with E-state index in [9.17, 15) is 18.5 Å². The topological polar surface area (TPSA) is 83.8 Å². The highest BCUT2D eigenvalue weighted by Crippen LogP contribution is 2.40. The highest BCUT2D eigenvalue weighted by molar-refractivity contribution is 7.92. The SMILES string of the molecule is CS(=O)(=O)c1cc([N+](=O)[O-])c(N2CCN(c3cccc(Cl)c3)CC2)s1. The van der Waals surface area contributed by atoms with Gasteiger partial charge in [0.1, 0.15) is 4.21 Å². The zero-order valence-corrected chi connectivity index (χ0v) is 15.8. The Labute approximate surface area is 154 Å². The van der Waals surface area contributed by atoms with E-state index in [0.717, 1.165) is 29.3 Å². The number of halogens is 1. The predicted molar refractivity (Wildman–Crippen MR) is 100.0 cm³/mol. The van der Waals surface area contributed by atoms with Crippen molar-refractivity contribution in [2.75, 3.05) is 42.2 Å². The van der Waals surface area contributed by atoms with Crippen LogP contribution in [0.3, 0.4) is 0 Å². The van der Waals surface area contributed by atoms with Gasteiger partial charge in [-0.25, -0.2) is 8.42 Å². The minimum absolute atomic E-state index is 0.0199. The fraction of sp³-hybridized carbons (Fsp3) is 0.333. The number of piperazine rings is 1. The average Bonchev–Trinajstić information content (AvgIpc) is 3.01. The first-order valence-electron chi connectivity index (χ1n) is 7.49. The third-order valence-electron chi connectivity index (χ3n) is 3.97. The van der Waals surface area contributed by atoms with Crippen LogP contribution < -0.4 is 9.80 Å². The molecule has 1 aromatic heterocycles. The summed E-state index contributed by atoms with van der Waals surface area (Å²) in [7, 11) is -3.47. The van der Waals surface area contributed by atoms with Crippen molar-refractivity contribution in [1.82, 2.24) is 0 Å². The van der Waals surface area contributed by atoms with E-state index in [-0.39, 0.29) is 9.90 Å². The van der Waals surface area contributed by atoms with Crippen molar-refractivity contribution in [3.63, 3.8) is 0 Å². The molecule has 1 aliphatic rings. The second-order valence-electron chi connectivity index (χ2n) is 5.74. The fourth-order valence-electron chi connectivity index (χ4n) is 2.73. The normalized spacial score (nSPS) is 15.4. The molecular formula is C15H16ClN3O4S2. The van der Waals surface area contributed by atoms with Crippen LogP contribution >= 0.6 is 22.9 Å². The van der Waals surface area contributed by atoms with Crippen molar-refractivity contribution in [3.05, 3.63) is 45.5 Å². The van der Waals surface area contributed by atoms with Gasteiger partial charge in [0, 0.05) is 49.2 Å². The van der Waals surface area contributed by atoms with Gasteiger partial charge in [0.05, 0.1) is 4.92 Å². The molecule has 2 aromatic rings. The van der Waals surface area contributed by atoms with Gasteiger partial charge in [0.25, 0.3) is 0 Å². The molecular weight excluding hydrogens is 386 g/mol. The van der Waals surface area contributed by atoms with Crippen molar-refractivity contribution in [2.45, 2.75) is 4.21 Å². The highest BCUT2D eigenvalue weighted by atomic mass is 35.5. The van der Waals surface area contributed by atoms with Crippen LogP contribution in [-0.2, 0) is 9.84 Å². The summed E-state index contributed by atoms with van der Waals surface area (Å²) in [5, 5.41) is 12.4. The second-order valence-corrected chi connectivity index (χ2v) is 9.45. The maximum atomic E-state index is 11.7. The summed E-state index contributed by atoms with van der Waals surface area (Å²) in [4.78, 5) is 14.8. The molecule has 0 N–H and O–H groups in total. The van der Waals surface area contributed by atoms with E-state index in [4.69, 9.17) is 11.6 Å². The molecule has 0 atom stereocenters. The number of hydrogen-bond acceptors (Lipinski definition) is 7. The van der Waals surface area contributed by atoms with Gasteiger partial charge >= 0.3 is 5.69 Å². The van der Waals surface area contributed by atoms with E-state index in [1.807, 2.05) is 29.2 Å². The standard InChI is InChI=1S/C15H16ClN3O4S2/c1-25(22,23)14-10-13(19(20)21)15(24-14)18-7-5-17(6-8-18)12-4-2-3-11(16)9-12/h2-4,9-10H,5-8H2,1H3. The second kappa shape index (κ2) is 6.81. The molecule has 7 nitrogen and oxygen atoms in total. The van der Waals surface area contributed by atoms with Crippen LogP contribution in [0.1, 0.15) is 0 Å². The summed E-state index contributed by atoms with van der Waals surface area (Å²) < 4.78 is 23.5. The van der Waals surface area contributed by atoms with Crippen molar-refractivity contribution in [3.8, 4) is 0 Å². The summed E-state index contributed by atoms with van der Waals surface area (Å²) >= 11 is 6.98. The molecule has 0 saturated carbocycles. The Morgan fingerprint density at radius 3 is 2.36 bits per heavy atom. The number of sulfone groups is 1. The van der Waals surface area contributed by atoms with Gasteiger partial charge in [-0.15, -0.1) is 0 Å². The number of anilines is 2. The van der Waals surface area contributed by atoms with Crippen LogP contribution in [0, 0.1) is 10.1 Å². The quantitative estimate of drug-likeness (QED) is 0.578. The minimum Gasteiger partial charge on any atom is -0.368 e. The fourth-order valence-corrected chi connectivity index (χ4v) is 4.99. The average molecular weight is 402 g/mol. The lowest BCUT2D eigenvalue weighted by Gasteiger charge is -2.36. The highest BCUT2D eigenvalue weighted by Gasteiger charge is 2.29.